The number of fused-ring (bicyclic) bond motifs is 1. The number of amides is 1. The van der Waals surface area contributed by atoms with Crippen molar-refractivity contribution in [2.24, 2.45) is 0 Å². The zero-order chi connectivity index (χ0) is 19.1. The standard InChI is InChI=1S/C18H19FN2O4S/c1-12(22)21-11-18(2,3)25-17-9-8-13(10-16(17)21)26(23,24)20-15-7-5-4-6-14(15)19/h4-10,20H,11H2,1-3H3. The number of sulfonamides is 1. The lowest BCUT2D eigenvalue weighted by Crippen LogP contribution is -2.48. The van der Waals surface area contributed by atoms with Crippen LogP contribution in [0.2, 0.25) is 0 Å². The summed E-state index contributed by atoms with van der Waals surface area (Å²) in [7, 11) is -4.03. The molecule has 26 heavy (non-hydrogen) atoms. The van der Waals surface area contributed by atoms with Gasteiger partial charge in [-0.05, 0) is 44.2 Å². The normalized spacial score (nSPS) is 15.8. The van der Waals surface area contributed by atoms with E-state index in [-0.39, 0.29) is 16.5 Å². The summed E-state index contributed by atoms with van der Waals surface area (Å²) in [6.07, 6.45) is 0. The fourth-order valence-electron chi connectivity index (χ4n) is 2.79. The quantitative estimate of drug-likeness (QED) is 0.890. The Morgan fingerprint density at radius 1 is 1.23 bits per heavy atom. The van der Waals surface area contributed by atoms with E-state index >= 15 is 0 Å². The van der Waals surface area contributed by atoms with Crippen molar-refractivity contribution in [2.45, 2.75) is 31.3 Å². The van der Waals surface area contributed by atoms with Gasteiger partial charge in [-0.1, -0.05) is 12.1 Å². The lowest BCUT2D eigenvalue weighted by atomic mass is 10.1. The average Bonchev–Trinajstić information content (AvgIpc) is 2.54. The van der Waals surface area contributed by atoms with Crippen LogP contribution in [0.15, 0.2) is 47.4 Å². The first-order chi connectivity index (χ1) is 12.1. The van der Waals surface area contributed by atoms with Crippen molar-refractivity contribution in [1.82, 2.24) is 0 Å². The minimum absolute atomic E-state index is 0.0888. The van der Waals surface area contributed by atoms with Crippen molar-refractivity contribution in [3.63, 3.8) is 0 Å². The van der Waals surface area contributed by atoms with Crippen molar-refractivity contribution in [3.05, 3.63) is 48.3 Å². The Balaban J connectivity index is 2.01. The maximum absolute atomic E-state index is 13.8. The monoisotopic (exact) mass is 378 g/mol. The molecular weight excluding hydrogens is 359 g/mol. The van der Waals surface area contributed by atoms with Gasteiger partial charge in [0.15, 0.2) is 0 Å². The number of hydrogen-bond donors (Lipinski definition) is 1. The molecule has 0 radical (unpaired) electrons. The highest BCUT2D eigenvalue weighted by atomic mass is 32.2. The third kappa shape index (κ3) is 3.50. The number of ether oxygens (including phenoxy) is 1. The second kappa shape index (κ2) is 6.28. The summed E-state index contributed by atoms with van der Waals surface area (Å²) in [6, 6.07) is 9.72. The molecule has 1 amide bonds. The lowest BCUT2D eigenvalue weighted by molar-refractivity contribution is -0.117. The molecule has 0 aliphatic carbocycles. The van der Waals surface area contributed by atoms with Crippen molar-refractivity contribution >= 4 is 27.3 Å². The summed E-state index contributed by atoms with van der Waals surface area (Å²) in [4.78, 5) is 13.4. The molecule has 1 N–H and O–H groups in total. The Hall–Kier alpha value is -2.61. The van der Waals surface area contributed by atoms with Crippen LogP contribution in [0.1, 0.15) is 20.8 Å². The van der Waals surface area contributed by atoms with Gasteiger partial charge in [-0.3, -0.25) is 9.52 Å². The minimum atomic E-state index is -4.03. The summed E-state index contributed by atoms with van der Waals surface area (Å²) < 4.78 is 47.1. The number of rotatable bonds is 3. The lowest BCUT2D eigenvalue weighted by Gasteiger charge is -2.39. The highest BCUT2D eigenvalue weighted by Crippen LogP contribution is 2.38. The van der Waals surface area contributed by atoms with Crippen LogP contribution < -0.4 is 14.4 Å². The van der Waals surface area contributed by atoms with Crippen molar-refractivity contribution in [2.75, 3.05) is 16.2 Å². The number of benzene rings is 2. The van der Waals surface area contributed by atoms with E-state index in [2.05, 4.69) is 4.72 Å². The van der Waals surface area contributed by atoms with Crippen LogP contribution in [0.25, 0.3) is 0 Å². The minimum Gasteiger partial charge on any atom is -0.484 e. The number of nitrogens with zero attached hydrogens (tertiary/aromatic N) is 1. The number of anilines is 2. The maximum atomic E-state index is 13.8. The molecule has 8 heteroatoms. The van der Waals surface area contributed by atoms with Crippen molar-refractivity contribution in [3.8, 4) is 5.75 Å². The molecule has 138 valence electrons. The first-order valence-corrected chi connectivity index (χ1v) is 9.46. The van der Waals surface area contributed by atoms with Crippen molar-refractivity contribution < 1.29 is 22.3 Å². The predicted molar refractivity (Wildman–Crippen MR) is 96.4 cm³/mol. The average molecular weight is 378 g/mol. The van der Waals surface area contributed by atoms with Crippen molar-refractivity contribution in [1.29, 1.82) is 0 Å². The molecule has 0 fully saturated rings. The van der Waals surface area contributed by atoms with Gasteiger partial charge in [-0.15, -0.1) is 0 Å². The van der Waals surface area contributed by atoms with Crippen LogP contribution >= 0.6 is 0 Å². The summed E-state index contributed by atoms with van der Waals surface area (Å²) >= 11 is 0. The molecule has 0 bridgehead atoms. The van der Waals surface area contributed by atoms with Crippen LogP contribution in [-0.2, 0) is 14.8 Å². The second-order valence-electron chi connectivity index (χ2n) is 6.68. The van der Waals surface area contributed by atoms with Crippen LogP contribution in [0.5, 0.6) is 5.75 Å². The van der Waals surface area contributed by atoms with E-state index in [9.17, 15) is 17.6 Å². The number of carbonyl (C=O) groups excluding carboxylic acids is 1. The molecule has 0 unspecified atom stereocenters. The Labute approximate surface area is 151 Å². The van der Waals surface area contributed by atoms with Gasteiger partial charge in [0, 0.05) is 6.92 Å². The molecule has 1 aliphatic heterocycles. The molecule has 0 spiro atoms. The molecule has 3 rings (SSSR count). The van der Waals surface area contributed by atoms with Crippen LogP contribution in [0.4, 0.5) is 15.8 Å². The molecule has 0 saturated carbocycles. The smallest absolute Gasteiger partial charge is 0.262 e. The summed E-state index contributed by atoms with van der Waals surface area (Å²) in [5.74, 6) is -0.481. The fraction of sp³-hybridized carbons (Fsp3) is 0.278. The third-order valence-electron chi connectivity index (χ3n) is 3.95. The number of hydrogen-bond acceptors (Lipinski definition) is 4. The van der Waals surface area contributed by atoms with Gasteiger partial charge in [0.2, 0.25) is 5.91 Å². The highest BCUT2D eigenvalue weighted by molar-refractivity contribution is 7.92. The van der Waals surface area contributed by atoms with Crippen LogP contribution in [0, 0.1) is 5.82 Å². The Morgan fingerprint density at radius 2 is 1.92 bits per heavy atom. The molecule has 0 aromatic heterocycles. The number of halogens is 1. The number of para-hydroxylation sites is 1. The van der Waals surface area contributed by atoms with E-state index in [1.54, 1.807) is 0 Å². The van der Waals surface area contributed by atoms with E-state index < -0.39 is 21.4 Å². The summed E-state index contributed by atoms with van der Waals surface area (Å²) in [6.45, 7) is 5.38. The first kappa shape index (κ1) is 18.2. The Kier molecular flexibility index (Phi) is 4.39. The van der Waals surface area contributed by atoms with E-state index in [1.807, 2.05) is 13.8 Å². The molecule has 6 nitrogen and oxygen atoms in total. The Morgan fingerprint density at radius 3 is 2.58 bits per heavy atom. The molecule has 1 aliphatic rings. The van der Waals surface area contributed by atoms with Gasteiger partial charge in [-0.2, -0.15) is 0 Å². The van der Waals surface area contributed by atoms with E-state index in [1.165, 1.54) is 48.2 Å². The fourth-order valence-corrected chi connectivity index (χ4v) is 3.87. The van der Waals surface area contributed by atoms with Gasteiger partial charge >= 0.3 is 0 Å². The highest BCUT2D eigenvalue weighted by Gasteiger charge is 2.34. The van der Waals surface area contributed by atoms with E-state index in [0.29, 0.717) is 18.0 Å². The topological polar surface area (TPSA) is 75.7 Å². The van der Waals surface area contributed by atoms with E-state index in [4.69, 9.17) is 4.74 Å². The largest absolute Gasteiger partial charge is 0.484 e. The SMILES string of the molecule is CC(=O)N1CC(C)(C)Oc2ccc(S(=O)(=O)Nc3ccccc3F)cc21. The van der Waals surface area contributed by atoms with Crippen LogP contribution in [-0.4, -0.2) is 26.5 Å². The molecular formula is C18H19FN2O4S. The van der Waals surface area contributed by atoms with Gasteiger partial charge in [-0.25, -0.2) is 12.8 Å². The number of carbonyl (C=O) groups is 1. The predicted octanol–water partition coefficient (Wildman–Crippen LogP) is 3.15. The van der Waals surface area contributed by atoms with Gasteiger partial charge in [0.1, 0.15) is 17.2 Å². The maximum Gasteiger partial charge on any atom is 0.262 e. The molecule has 2 aromatic carbocycles. The zero-order valence-corrected chi connectivity index (χ0v) is 15.4. The van der Waals surface area contributed by atoms with Gasteiger partial charge < -0.3 is 9.64 Å². The van der Waals surface area contributed by atoms with E-state index in [0.717, 1.165) is 6.07 Å². The molecule has 0 atom stereocenters. The van der Waals surface area contributed by atoms with Gasteiger partial charge in [0.05, 0.1) is 22.8 Å². The number of nitrogens with one attached hydrogen (secondary N) is 1. The Bertz CT molecular complexity index is 973. The summed E-state index contributed by atoms with van der Waals surface area (Å²) in [5, 5.41) is 0. The zero-order valence-electron chi connectivity index (χ0n) is 14.6. The van der Waals surface area contributed by atoms with Crippen LogP contribution in [0.3, 0.4) is 0 Å². The third-order valence-corrected chi connectivity index (χ3v) is 5.32. The second-order valence-corrected chi connectivity index (χ2v) is 8.36. The molecule has 1 heterocycles. The van der Waals surface area contributed by atoms with Gasteiger partial charge in [0.25, 0.3) is 10.0 Å². The first-order valence-electron chi connectivity index (χ1n) is 7.98. The molecule has 2 aromatic rings. The summed E-state index contributed by atoms with van der Waals surface area (Å²) in [5.41, 5.74) is -0.371. The molecule has 0 saturated heterocycles.